The minimum atomic E-state index is -0.373. The molecule has 1 heterocycles. The third kappa shape index (κ3) is 3.65. The average Bonchev–Trinajstić information content (AvgIpc) is 2.32. The zero-order valence-electron chi connectivity index (χ0n) is 10.3. The molecule has 18 heavy (non-hydrogen) atoms. The van der Waals surface area contributed by atoms with E-state index in [-0.39, 0.29) is 6.10 Å². The van der Waals surface area contributed by atoms with Crippen molar-refractivity contribution in [3.8, 4) is 0 Å². The topological polar surface area (TPSA) is 33.1 Å². The summed E-state index contributed by atoms with van der Waals surface area (Å²) in [6.07, 6.45) is 4.48. The standard InChI is InChI=1S/C15H16BrNO/c1-11-4-2-3-5-13(11)8-15(18)7-12-6-14(16)10-17-9-12/h2-6,9-10,15,18H,7-8H2,1H3. The van der Waals surface area contributed by atoms with E-state index < -0.39 is 0 Å². The summed E-state index contributed by atoms with van der Waals surface area (Å²) in [5, 5.41) is 10.1. The summed E-state index contributed by atoms with van der Waals surface area (Å²) in [6.45, 7) is 2.07. The van der Waals surface area contributed by atoms with Crippen LogP contribution in [0.25, 0.3) is 0 Å². The summed E-state index contributed by atoms with van der Waals surface area (Å²) < 4.78 is 0.947. The Balaban J connectivity index is 2.01. The molecule has 1 aromatic heterocycles. The molecule has 1 atom stereocenters. The number of pyridine rings is 1. The molecule has 0 spiro atoms. The van der Waals surface area contributed by atoms with E-state index in [1.165, 1.54) is 11.1 Å². The second-order valence-corrected chi connectivity index (χ2v) is 5.42. The number of aliphatic hydroxyl groups excluding tert-OH is 1. The lowest BCUT2D eigenvalue weighted by Gasteiger charge is -2.12. The van der Waals surface area contributed by atoms with Crippen LogP contribution in [0, 0.1) is 6.92 Å². The molecule has 0 aliphatic heterocycles. The quantitative estimate of drug-likeness (QED) is 0.940. The molecule has 94 valence electrons. The largest absolute Gasteiger partial charge is 0.392 e. The Labute approximate surface area is 116 Å². The Hall–Kier alpha value is -1.19. The molecule has 1 aromatic carbocycles. The Morgan fingerprint density at radius 1 is 1.22 bits per heavy atom. The van der Waals surface area contributed by atoms with E-state index in [1.807, 2.05) is 18.2 Å². The lowest BCUT2D eigenvalue weighted by molar-refractivity contribution is 0.175. The molecule has 0 aliphatic rings. The van der Waals surface area contributed by atoms with Crippen molar-refractivity contribution < 1.29 is 5.11 Å². The number of benzene rings is 1. The van der Waals surface area contributed by atoms with Crippen LogP contribution in [-0.4, -0.2) is 16.2 Å². The van der Waals surface area contributed by atoms with Crippen molar-refractivity contribution in [2.45, 2.75) is 25.9 Å². The SMILES string of the molecule is Cc1ccccc1CC(O)Cc1cncc(Br)c1. The van der Waals surface area contributed by atoms with Gasteiger partial charge in [0.05, 0.1) is 6.10 Å². The maximum absolute atomic E-state index is 10.1. The molecule has 2 rings (SSSR count). The second kappa shape index (κ2) is 6.12. The van der Waals surface area contributed by atoms with Gasteiger partial charge in [-0.05, 0) is 52.0 Å². The number of halogens is 1. The second-order valence-electron chi connectivity index (χ2n) is 4.50. The van der Waals surface area contributed by atoms with E-state index in [0.29, 0.717) is 12.8 Å². The van der Waals surface area contributed by atoms with Gasteiger partial charge >= 0.3 is 0 Å². The van der Waals surface area contributed by atoms with Crippen molar-refractivity contribution >= 4 is 15.9 Å². The van der Waals surface area contributed by atoms with Gasteiger partial charge in [0.25, 0.3) is 0 Å². The van der Waals surface area contributed by atoms with Crippen molar-refractivity contribution in [1.29, 1.82) is 0 Å². The van der Waals surface area contributed by atoms with Crippen molar-refractivity contribution in [3.63, 3.8) is 0 Å². The molecular formula is C15H16BrNO. The van der Waals surface area contributed by atoms with Gasteiger partial charge in [-0.15, -0.1) is 0 Å². The van der Waals surface area contributed by atoms with E-state index in [2.05, 4.69) is 40.0 Å². The van der Waals surface area contributed by atoms with E-state index in [9.17, 15) is 5.11 Å². The maximum atomic E-state index is 10.1. The monoisotopic (exact) mass is 305 g/mol. The van der Waals surface area contributed by atoms with Gasteiger partial charge in [0.15, 0.2) is 0 Å². The van der Waals surface area contributed by atoms with Crippen LogP contribution in [0.15, 0.2) is 47.2 Å². The van der Waals surface area contributed by atoms with Crippen LogP contribution in [-0.2, 0) is 12.8 Å². The number of nitrogens with zero attached hydrogens (tertiary/aromatic N) is 1. The molecule has 0 saturated heterocycles. The summed E-state index contributed by atoms with van der Waals surface area (Å²) >= 11 is 3.39. The molecule has 0 saturated carbocycles. The van der Waals surface area contributed by atoms with Gasteiger partial charge in [-0.25, -0.2) is 0 Å². The molecule has 2 aromatic rings. The fourth-order valence-corrected chi connectivity index (χ4v) is 2.42. The molecule has 0 bridgehead atoms. The highest BCUT2D eigenvalue weighted by Crippen LogP contribution is 2.15. The predicted molar refractivity (Wildman–Crippen MR) is 76.5 cm³/mol. The summed E-state index contributed by atoms with van der Waals surface area (Å²) in [5.41, 5.74) is 3.47. The van der Waals surface area contributed by atoms with Gasteiger partial charge < -0.3 is 5.11 Å². The molecular weight excluding hydrogens is 290 g/mol. The lowest BCUT2D eigenvalue weighted by Crippen LogP contribution is -2.14. The van der Waals surface area contributed by atoms with Gasteiger partial charge in [0.2, 0.25) is 0 Å². The van der Waals surface area contributed by atoms with Crippen LogP contribution in [0.5, 0.6) is 0 Å². The maximum Gasteiger partial charge on any atom is 0.0621 e. The first-order valence-corrected chi connectivity index (χ1v) is 6.76. The minimum Gasteiger partial charge on any atom is -0.392 e. The van der Waals surface area contributed by atoms with Crippen LogP contribution >= 0.6 is 15.9 Å². The normalized spacial score (nSPS) is 12.4. The average molecular weight is 306 g/mol. The summed E-state index contributed by atoms with van der Waals surface area (Å²) in [5.74, 6) is 0. The number of rotatable bonds is 4. The van der Waals surface area contributed by atoms with Crippen molar-refractivity contribution in [2.75, 3.05) is 0 Å². The molecule has 1 unspecified atom stereocenters. The van der Waals surface area contributed by atoms with Gasteiger partial charge in [0, 0.05) is 23.3 Å². The summed E-state index contributed by atoms with van der Waals surface area (Å²) in [6, 6.07) is 10.2. The molecule has 1 N–H and O–H groups in total. The number of hydrogen-bond acceptors (Lipinski definition) is 2. The molecule has 2 nitrogen and oxygen atoms in total. The van der Waals surface area contributed by atoms with Crippen molar-refractivity contribution in [3.05, 3.63) is 63.9 Å². The van der Waals surface area contributed by atoms with E-state index >= 15 is 0 Å². The van der Waals surface area contributed by atoms with Gasteiger partial charge in [-0.2, -0.15) is 0 Å². The summed E-state index contributed by atoms with van der Waals surface area (Å²) in [4.78, 5) is 4.10. The predicted octanol–water partition coefficient (Wildman–Crippen LogP) is 3.30. The smallest absolute Gasteiger partial charge is 0.0621 e. The van der Waals surface area contributed by atoms with Gasteiger partial charge in [0.1, 0.15) is 0 Å². The Morgan fingerprint density at radius 2 is 2.00 bits per heavy atom. The van der Waals surface area contributed by atoms with Gasteiger partial charge in [-0.1, -0.05) is 24.3 Å². The van der Waals surface area contributed by atoms with Crippen molar-refractivity contribution in [1.82, 2.24) is 4.98 Å². The first-order chi connectivity index (χ1) is 8.65. The molecule has 3 heteroatoms. The zero-order chi connectivity index (χ0) is 13.0. The minimum absolute atomic E-state index is 0.373. The Morgan fingerprint density at radius 3 is 2.72 bits per heavy atom. The number of aliphatic hydroxyl groups is 1. The van der Waals surface area contributed by atoms with E-state index in [1.54, 1.807) is 12.4 Å². The molecule has 0 fully saturated rings. The van der Waals surface area contributed by atoms with Crippen LogP contribution in [0.3, 0.4) is 0 Å². The Kier molecular flexibility index (Phi) is 4.50. The van der Waals surface area contributed by atoms with E-state index in [0.717, 1.165) is 10.0 Å². The Bertz CT molecular complexity index is 527. The molecule has 0 amide bonds. The zero-order valence-corrected chi connectivity index (χ0v) is 11.9. The third-order valence-corrected chi connectivity index (χ3v) is 3.38. The highest BCUT2D eigenvalue weighted by Gasteiger charge is 2.09. The third-order valence-electron chi connectivity index (χ3n) is 2.95. The fourth-order valence-electron chi connectivity index (χ4n) is 2.00. The number of aryl methyl sites for hydroxylation is 1. The van der Waals surface area contributed by atoms with Crippen LogP contribution < -0.4 is 0 Å². The molecule has 0 radical (unpaired) electrons. The number of aromatic nitrogens is 1. The van der Waals surface area contributed by atoms with E-state index in [4.69, 9.17) is 0 Å². The van der Waals surface area contributed by atoms with Crippen LogP contribution in [0.1, 0.15) is 16.7 Å². The van der Waals surface area contributed by atoms with Crippen molar-refractivity contribution in [2.24, 2.45) is 0 Å². The van der Waals surface area contributed by atoms with Crippen LogP contribution in [0.4, 0.5) is 0 Å². The van der Waals surface area contributed by atoms with Gasteiger partial charge in [-0.3, -0.25) is 4.98 Å². The first kappa shape index (κ1) is 13.2. The highest BCUT2D eigenvalue weighted by molar-refractivity contribution is 9.10. The lowest BCUT2D eigenvalue weighted by atomic mass is 9.99. The molecule has 0 aliphatic carbocycles. The number of hydrogen-bond donors (Lipinski definition) is 1. The first-order valence-electron chi connectivity index (χ1n) is 5.97. The summed E-state index contributed by atoms with van der Waals surface area (Å²) in [7, 11) is 0. The highest BCUT2D eigenvalue weighted by atomic mass is 79.9. The fraction of sp³-hybridized carbons (Fsp3) is 0.267. The van der Waals surface area contributed by atoms with Crippen LogP contribution in [0.2, 0.25) is 0 Å².